The lowest BCUT2D eigenvalue weighted by Crippen LogP contribution is -2.27. The summed E-state index contributed by atoms with van der Waals surface area (Å²) in [6.07, 6.45) is 4.01. The fraction of sp³-hybridized carbons (Fsp3) is 0.600. The van der Waals surface area contributed by atoms with Gasteiger partial charge in [0.15, 0.2) is 10.0 Å². The minimum Gasteiger partial charge on any atom is -0.351 e. The van der Waals surface area contributed by atoms with Crippen LogP contribution in [0.4, 0.5) is 0 Å². The molecule has 8 heteroatoms. The molecular weight excluding hydrogens is 330 g/mol. The molecule has 0 saturated carbocycles. The maximum absolute atomic E-state index is 12.3. The van der Waals surface area contributed by atoms with Gasteiger partial charge in [0.2, 0.25) is 0 Å². The molecule has 0 aliphatic heterocycles. The number of nitrogens with zero attached hydrogens (tertiary/aromatic N) is 3. The van der Waals surface area contributed by atoms with Crippen molar-refractivity contribution in [2.24, 2.45) is 5.92 Å². The van der Waals surface area contributed by atoms with E-state index in [1.54, 1.807) is 23.1 Å². The van der Waals surface area contributed by atoms with Crippen molar-refractivity contribution in [3.05, 3.63) is 22.0 Å². The molecule has 0 spiro atoms. The first-order chi connectivity index (χ1) is 11.1. The summed E-state index contributed by atoms with van der Waals surface area (Å²) in [5.74, 6) is 1.48. The zero-order valence-electron chi connectivity index (χ0n) is 13.4. The van der Waals surface area contributed by atoms with Crippen LogP contribution in [-0.4, -0.2) is 38.6 Å². The summed E-state index contributed by atoms with van der Waals surface area (Å²) in [4.78, 5) is 12.3. The monoisotopic (exact) mass is 351 g/mol. The molecule has 0 radical (unpaired) electrons. The Bertz CT molecular complexity index is 681. The van der Waals surface area contributed by atoms with Gasteiger partial charge in [-0.15, -0.1) is 10.2 Å². The molecule has 1 amide bonds. The highest BCUT2D eigenvalue weighted by Gasteiger charge is 2.24. The number of carbonyl (C=O) groups is 1. The van der Waals surface area contributed by atoms with Gasteiger partial charge in [0.25, 0.3) is 5.91 Å². The van der Waals surface area contributed by atoms with Crippen LogP contribution in [0.3, 0.4) is 0 Å². The van der Waals surface area contributed by atoms with Crippen molar-refractivity contribution in [2.75, 3.05) is 12.3 Å². The molecule has 2 aromatic rings. The number of fused-ring (bicyclic) bond motifs is 1. The van der Waals surface area contributed by atoms with Gasteiger partial charge in [-0.2, -0.15) is 5.10 Å². The van der Waals surface area contributed by atoms with Crippen LogP contribution in [0.5, 0.6) is 0 Å². The Labute approximate surface area is 143 Å². The van der Waals surface area contributed by atoms with Gasteiger partial charge < -0.3 is 5.32 Å². The Hall–Kier alpha value is -1.41. The molecule has 6 nitrogen and oxygen atoms in total. The zero-order valence-corrected chi connectivity index (χ0v) is 15.0. The molecule has 1 aliphatic rings. The summed E-state index contributed by atoms with van der Waals surface area (Å²) in [6, 6.07) is 0. The lowest BCUT2D eigenvalue weighted by Gasteiger charge is -2.17. The van der Waals surface area contributed by atoms with Gasteiger partial charge in [-0.3, -0.25) is 9.89 Å². The fourth-order valence-electron chi connectivity index (χ4n) is 2.71. The molecule has 0 fully saturated rings. The lowest BCUT2D eigenvalue weighted by molar-refractivity contribution is 0.0947. The fourth-order valence-corrected chi connectivity index (χ4v) is 4.54. The quantitative estimate of drug-likeness (QED) is 0.617. The van der Waals surface area contributed by atoms with Crippen LogP contribution in [0.1, 0.15) is 46.5 Å². The summed E-state index contributed by atoms with van der Waals surface area (Å²) in [6.45, 7) is 4.83. The number of H-pyrrole nitrogens is 1. The summed E-state index contributed by atoms with van der Waals surface area (Å²) in [5.41, 5.74) is 2.83. The van der Waals surface area contributed by atoms with E-state index in [0.717, 1.165) is 45.6 Å². The van der Waals surface area contributed by atoms with Crippen LogP contribution in [0.25, 0.3) is 0 Å². The number of aromatic nitrogens is 4. The first-order valence-electron chi connectivity index (χ1n) is 7.90. The van der Waals surface area contributed by atoms with E-state index in [4.69, 9.17) is 0 Å². The predicted molar refractivity (Wildman–Crippen MR) is 92.1 cm³/mol. The molecule has 124 valence electrons. The maximum atomic E-state index is 12.3. The zero-order chi connectivity index (χ0) is 16.2. The molecular formula is C15H21N5OS2. The van der Waals surface area contributed by atoms with Gasteiger partial charge in [0, 0.05) is 23.6 Å². The predicted octanol–water partition coefficient (Wildman–Crippen LogP) is 2.61. The maximum Gasteiger partial charge on any atom is 0.272 e. The van der Waals surface area contributed by atoms with E-state index in [2.05, 4.69) is 32.6 Å². The second-order valence-corrected chi connectivity index (χ2v) is 8.45. The van der Waals surface area contributed by atoms with Crippen LogP contribution in [0.15, 0.2) is 4.34 Å². The van der Waals surface area contributed by atoms with Crippen LogP contribution < -0.4 is 5.32 Å². The molecule has 1 unspecified atom stereocenters. The summed E-state index contributed by atoms with van der Waals surface area (Å²) >= 11 is 3.29. The number of aryl methyl sites for hydroxylation is 2. The topological polar surface area (TPSA) is 83.6 Å². The number of hydrogen-bond donors (Lipinski definition) is 2. The number of aromatic amines is 1. The van der Waals surface area contributed by atoms with Crippen LogP contribution in [-0.2, 0) is 12.8 Å². The van der Waals surface area contributed by atoms with Crippen molar-refractivity contribution in [1.82, 2.24) is 25.7 Å². The van der Waals surface area contributed by atoms with Crippen LogP contribution in [0.2, 0.25) is 0 Å². The number of amides is 1. The Morgan fingerprint density at radius 3 is 3.13 bits per heavy atom. The molecule has 2 aromatic heterocycles. The summed E-state index contributed by atoms with van der Waals surface area (Å²) < 4.78 is 0.990. The smallest absolute Gasteiger partial charge is 0.272 e. The van der Waals surface area contributed by atoms with Gasteiger partial charge in [0.1, 0.15) is 5.01 Å². The number of thioether (sulfide) groups is 1. The number of carbonyl (C=O) groups excluding carboxylic acids is 1. The van der Waals surface area contributed by atoms with Gasteiger partial charge in [-0.05, 0) is 38.5 Å². The molecule has 23 heavy (non-hydrogen) atoms. The van der Waals surface area contributed by atoms with Gasteiger partial charge >= 0.3 is 0 Å². The van der Waals surface area contributed by atoms with E-state index in [1.165, 1.54) is 6.42 Å². The SMILES string of the molecule is Cc1nnc(SCCCNC(=O)c2n[nH]c3c2CC(C)CC3)s1. The third-order valence-electron chi connectivity index (χ3n) is 3.95. The van der Waals surface area contributed by atoms with Crippen LogP contribution >= 0.6 is 23.1 Å². The van der Waals surface area contributed by atoms with Crippen molar-refractivity contribution >= 4 is 29.0 Å². The normalized spacial score (nSPS) is 17.0. The second-order valence-electron chi connectivity index (χ2n) is 5.92. The Balaban J connectivity index is 1.44. The third-order valence-corrected chi connectivity index (χ3v) is 6.01. The first kappa shape index (κ1) is 16.4. The Morgan fingerprint density at radius 2 is 2.35 bits per heavy atom. The highest BCUT2D eigenvalue weighted by atomic mass is 32.2. The van der Waals surface area contributed by atoms with Gasteiger partial charge in [-0.25, -0.2) is 0 Å². The van der Waals surface area contributed by atoms with E-state index < -0.39 is 0 Å². The van der Waals surface area contributed by atoms with Gasteiger partial charge in [-0.1, -0.05) is 30.0 Å². The summed E-state index contributed by atoms with van der Waals surface area (Å²) in [5, 5.41) is 19.3. The number of hydrogen-bond acceptors (Lipinski definition) is 6. The molecule has 0 bridgehead atoms. The standard InChI is InChI=1S/C15H21N5OS2/c1-9-4-5-12-11(8-9)13(19-18-12)14(21)16-6-3-7-22-15-20-17-10(2)23-15/h9H,3-8H2,1-2H3,(H,16,21)(H,18,19). The van der Waals surface area contributed by atoms with Crippen molar-refractivity contribution in [3.63, 3.8) is 0 Å². The first-order valence-corrected chi connectivity index (χ1v) is 9.71. The minimum absolute atomic E-state index is 0.0617. The average Bonchev–Trinajstić information content (AvgIpc) is 3.12. The van der Waals surface area contributed by atoms with Crippen molar-refractivity contribution < 1.29 is 4.79 Å². The van der Waals surface area contributed by atoms with E-state index in [1.807, 2.05) is 6.92 Å². The molecule has 2 heterocycles. The lowest BCUT2D eigenvalue weighted by atomic mass is 9.88. The third kappa shape index (κ3) is 4.11. The van der Waals surface area contributed by atoms with Crippen LogP contribution in [0, 0.1) is 12.8 Å². The summed E-state index contributed by atoms with van der Waals surface area (Å²) in [7, 11) is 0. The minimum atomic E-state index is -0.0617. The van der Waals surface area contributed by atoms with Crippen molar-refractivity contribution in [1.29, 1.82) is 0 Å². The van der Waals surface area contributed by atoms with Crippen molar-refractivity contribution in [3.8, 4) is 0 Å². The van der Waals surface area contributed by atoms with E-state index in [9.17, 15) is 4.79 Å². The molecule has 1 atom stereocenters. The van der Waals surface area contributed by atoms with E-state index >= 15 is 0 Å². The second kappa shape index (κ2) is 7.44. The molecule has 2 N–H and O–H groups in total. The number of nitrogens with one attached hydrogen (secondary N) is 2. The molecule has 1 aliphatic carbocycles. The highest BCUT2D eigenvalue weighted by molar-refractivity contribution is 8.01. The molecule has 3 rings (SSSR count). The molecule has 0 aromatic carbocycles. The van der Waals surface area contributed by atoms with Gasteiger partial charge in [0.05, 0.1) is 0 Å². The van der Waals surface area contributed by atoms with E-state index in [0.29, 0.717) is 18.2 Å². The highest BCUT2D eigenvalue weighted by Crippen LogP contribution is 2.26. The van der Waals surface area contributed by atoms with E-state index in [-0.39, 0.29) is 5.91 Å². The Morgan fingerprint density at radius 1 is 1.48 bits per heavy atom. The number of rotatable bonds is 6. The van der Waals surface area contributed by atoms with Crippen molar-refractivity contribution in [2.45, 2.75) is 43.9 Å². The Kier molecular flexibility index (Phi) is 5.32. The largest absolute Gasteiger partial charge is 0.351 e. The average molecular weight is 352 g/mol. The molecule has 0 saturated heterocycles.